The zero-order valence-corrected chi connectivity index (χ0v) is 12.6. The van der Waals surface area contributed by atoms with Gasteiger partial charge in [-0.05, 0) is 30.7 Å². The molecule has 5 heteroatoms. The van der Waals surface area contributed by atoms with Gasteiger partial charge in [-0.2, -0.15) is 0 Å². The van der Waals surface area contributed by atoms with Crippen LogP contribution in [0.2, 0.25) is 5.02 Å². The van der Waals surface area contributed by atoms with Crippen molar-refractivity contribution in [1.29, 1.82) is 0 Å². The average molecular weight is 299 g/mol. The van der Waals surface area contributed by atoms with Gasteiger partial charge in [-0.15, -0.1) is 11.3 Å². The molecule has 0 spiro atoms. The zero-order chi connectivity index (χ0) is 14.0. The number of thiazole rings is 1. The van der Waals surface area contributed by atoms with Gasteiger partial charge in [0.2, 0.25) is 0 Å². The van der Waals surface area contributed by atoms with Gasteiger partial charge in [-0.1, -0.05) is 31.5 Å². The topological polar surface area (TPSA) is 24.9 Å². The molecule has 0 saturated heterocycles. The Labute approximate surface area is 121 Å². The molecule has 1 N–H and O–H groups in total. The molecule has 1 atom stereocenters. The molecule has 0 radical (unpaired) electrons. The van der Waals surface area contributed by atoms with Crippen molar-refractivity contribution in [2.75, 3.05) is 7.05 Å². The first-order chi connectivity index (χ1) is 9.02. The molecule has 1 unspecified atom stereocenters. The molecule has 2 aromatic rings. The molecule has 0 aliphatic carbocycles. The molecule has 1 aromatic heterocycles. The highest BCUT2D eigenvalue weighted by Crippen LogP contribution is 2.29. The highest BCUT2D eigenvalue weighted by Gasteiger charge is 2.18. The molecule has 0 aliphatic heterocycles. The van der Waals surface area contributed by atoms with E-state index in [-0.39, 0.29) is 11.1 Å². The van der Waals surface area contributed by atoms with E-state index in [1.165, 1.54) is 6.07 Å². The van der Waals surface area contributed by atoms with Crippen molar-refractivity contribution in [2.24, 2.45) is 0 Å². The minimum Gasteiger partial charge on any atom is -0.307 e. The molecular formula is C14H16ClFN2S. The lowest BCUT2D eigenvalue weighted by Crippen LogP contribution is -2.17. The molecule has 1 aromatic carbocycles. The van der Waals surface area contributed by atoms with Crippen LogP contribution in [0.25, 0.3) is 0 Å². The van der Waals surface area contributed by atoms with Crippen LogP contribution in [0.5, 0.6) is 0 Å². The summed E-state index contributed by atoms with van der Waals surface area (Å²) in [5, 5.41) is 6.30. The van der Waals surface area contributed by atoms with Crippen molar-refractivity contribution in [3.8, 4) is 0 Å². The molecule has 2 nitrogen and oxygen atoms in total. The number of halogens is 2. The number of nitrogens with one attached hydrogen (secondary N) is 1. The normalized spacial score (nSPS) is 12.9. The second-order valence-corrected chi connectivity index (χ2v) is 5.96. The summed E-state index contributed by atoms with van der Waals surface area (Å²) < 4.78 is 13.5. The van der Waals surface area contributed by atoms with Crippen molar-refractivity contribution >= 4 is 22.9 Å². The van der Waals surface area contributed by atoms with Gasteiger partial charge in [0.15, 0.2) is 0 Å². The third-order valence-electron chi connectivity index (χ3n) is 2.94. The fraction of sp³-hybridized carbons (Fsp3) is 0.357. The fourth-order valence-corrected chi connectivity index (χ4v) is 3.06. The van der Waals surface area contributed by atoms with E-state index in [4.69, 9.17) is 11.6 Å². The Morgan fingerprint density at radius 2 is 2.11 bits per heavy atom. The Bertz CT molecular complexity index is 568. The second-order valence-electron chi connectivity index (χ2n) is 4.66. The van der Waals surface area contributed by atoms with Gasteiger partial charge in [0, 0.05) is 5.38 Å². The predicted molar refractivity (Wildman–Crippen MR) is 78.5 cm³/mol. The Hall–Kier alpha value is -0.970. The van der Waals surface area contributed by atoms with Gasteiger partial charge >= 0.3 is 0 Å². The maximum atomic E-state index is 13.5. The summed E-state index contributed by atoms with van der Waals surface area (Å²) in [6.07, 6.45) is 0. The van der Waals surface area contributed by atoms with Gasteiger partial charge in [0.05, 0.1) is 16.8 Å². The zero-order valence-electron chi connectivity index (χ0n) is 11.1. The standard InChI is InChI=1S/C14H16ClFN2S/c1-8(2)12-7-19-14(18-12)13(17-3)9-4-5-10(15)11(16)6-9/h4-8,13,17H,1-3H3. The van der Waals surface area contributed by atoms with E-state index < -0.39 is 5.82 Å². The van der Waals surface area contributed by atoms with E-state index >= 15 is 0 Å². The predicted octanol–water partition coefficient (Wildman–Crippen LogP) is 4.37. The van der Waals surface area contributed by atoms with Crippen LogP contribution in [0.3, 0.4) is 0 Å². The Balaban J connectivity index is 2.35. The molecule has 0 bridgehead atoms. The van der Waals surface area contributed by atoms with Crippen LogP contribution < -0.4 is 5.32 Å². The summed E-state index contributed by atoms with van der Waals surface area (Å²) in [4.78, 5) is 4.61. The number of aromatic nitrogens is 1. The van der Waals surface area contributed by atoms with E-state index in [1.807, 2.05) is 13.1 Å². The van der Waals surface area contributed by atoms with Crippen LogP contribution in [0, 0.1) is 5.82 Å². The minimum atomic E-state index is -0.403. The molecular weight excluding hydrogens is 283 g/mol. The van der Waals surface area contributed by atoms with E-state index in [0.717, 1.165) is 16.3 Å². The highest BCUT2D eigenvalue weighted by molar-refractivity contribution is 7.09. The number of hydrogen-bond acceptors (Lipinski definition) is 3. The quantitative estimate of drug-likeness (QED) is 0.907. The van der Waals surface area contributed by atoms with E-state index in [2.05, 4.69) is 29.5 Å². The van der Waals surface area contributed by atoms with Gasteiger partial charge in [-0.3, -0.25) is 0 Å². The molecule has 2 rings (SSSR count). The highest BCUT2D eigenvalue weighted by atomic mass is 35.5. The van der Waals surface area contributed by atoms with E-state index in [9.17, 15) is 4.39 Å². The van der Waals surface area contributed by atoms with Crippen LogP contribution >= 0.6 is 22.9 Å². The average Bonchev–Trinajstić information content (AvgIpc) is 2.84. The van der Waals surface area contributed by atoms with E-state index in [0.29, 0.717) is 5.92 Å². The first-order valence-electron chi connectivity index (χ1n) is 6.10. The summed E-state index contributed by atoms with van der Waals surface area (Å²) in [5.74, 6) is -0.00971. The molecule has 19 heavy (non-hydrogen) atoms. The Kier molecular flexibility index (Phi) is 4.55. The van der Waals surface area contributed by atoms with Crippen molar-refractivity contribution in [3.05, 3.63) is 50.7 Å². The minimum absolute atomic E-state index is 0.107. The van der Waals surface area contributed by atoms with E-state index in [1.54, 1.807) is 17.4 Å². The smallest absolute Gasteiger partial charge is 0.142 e. The first-order valence-corrected chi connectivity index (χ1v) is 7.36. The third kappa shape index (κ3) is 3.14. The van der Waals surface area contributed by atoms with Gasteiger partial charge in [0.25, 0.3) is 0 Å². The van der Waals surface area contributed by atoms with Crippen LogP contribution in [-0.2, 0) is 0 Å². The van der Waals surface area contributed by atoms with Crippen LogP contribution in [0.4, 0.5) is 4.39 Å². The van der Waals surface area contributed by atoms with Crippen LogP contribution in [-0.4, -0.2) is 12.0 Å². The molecule has 0 fully saturated rings. The molecule has 0 amide bonds. The monoisotopic (exact) mass is 298 g/mol. The fourth-order valence-electron chi connectivity index (χ4n) is 1.82. The summed E-state index contributed by atoms with van der Waals surface area (Å²) in [6.45, 7) is 4.21. The SMILES string of the molecule is CNC(c1ccc(Cl)c(F)c1)c1nc(C(C)C)cs1. The molecule has 0 saturated carbocycles. The first kappa shape index (κ1) is 14.4. The summed E-state index contributed by atoms with van der Waals surface area (Å²) in [5.41, 5.74) is 1.89. The summed E-state index contributed by atoms with van der Waals surface area (Å²) >= 11 is 7.30. The van der Waals surface area contributed by atoms with Crippen molar-refractivity contribution in [2.45, 2.75) is 25.8 Å². The largest absolute Gasteiger partial charge is 0.307 e. The summed E-state index contributed by atoms with van der Waals surface area (Å²) in [7, 11) is 1.84. The number of rotatable bonds is 4. The van der Waals surface area contributed by atoms with Gasteiger partial charge < -0.3 is 5.32 Å². The maximum absolute atomic E-state index is 13.5. The van der Waals surface area contributed by atoms with Gasteiger partial charge in [-0.25, -0.2) is 9.37 Å². The molecule has 0 aliphatic rings. The van der Waals surface area contributed by atoms with Crippen LogP contribution in [0.1, 0.15) is 42.1 Å². The number of nitrogens with zero attached hydrogens (tertiary/aromatic N) is 1. The third-order valence-corrected chi connectivity index (χ3v) is 4.18. The molecule has 102 valence electrons. The summed E-state index contributed by atoms with van der Waals surface area (Å²) in [6, 6.07) is 4.75. The Morgan fingerprint density at radius 1 is 1.37 bits per heavy atom. The second kappa shape index (κ2) is 5.99. The number of hydrogen-bond donors (Lipinski definition) is 1. The maximum Gasteiger partial charge on any atom is 0.142 e. The van der Waals surface area contributed by atoms with Crippen molar-refractivity contribution in [3.63, 3.8) is 0 Å². The van der Waals surface area contributed by atoms with Gasteiger partial charge in [0.1, 0.15) is 10.8 Å². The van der Waals surface area contributed by atoms with Crippen molar-refractivity contribution in [1.82, 2.24) is 10.3 Å². The lowest BCUT2D eigenvalue weighted by molar-refractivity contribution is 0.616. The molecule has 1 heterocycles. The lowest BCUT2D eigenvalue weighted by atomic mass is 10.1. The van der Waals surface area contributed by atoms with Crippen molar-refractivity contribution < 1.29 is 4.39 Å². The lowest BCUT2D eigenvalue weighted by Gasteiger charge is -2.14. The number of benzene rings is 1. The Morgan fingerprint density at radius 3 is 2.63 bits per heavy atom. The van der Waals surface area contributed by atoms with Crippen LogP contribution in [0.15, 0.2) is 23.6 Å².